The molecule has 1 fully saturated rings. The Morgan fingerprint density at radius 2 is 1.77 bits per heavy atom. The third-order valence-corrected chi connectivity index (χ3v) is 5.88. The molecule has 0 spiro atoms. The summed E-state index contributed by atoms with van der Waals surface area (Å²) in [6.07, 6.45) is 8.29. The average molecular weight is 398 g/mol. The van der Waals surface area contributed by atoms with Crippen LogP contribution < -0.4 is 5.32 Å². The molecule has 2 aromatic carbocycles. The van der Waals surface area contributed by atoms with Crippen LogP contribution in [-0.4, -0.2) is 21.0 Å². The molecule has 1 saturated carbocycles. The summed E-state index contributed by atoms with van der Waals surface area (Å²) in [4.78, 5) is 13.6. The van der Waals surface area contributed by atoms with Crippen LogP contribution in [0.3, 0.4) is 0 Å². The van der Waals surface area contributed by atoms with Gasteiger partial charge in [-0.05, 0) is 67.3 Å². The number of aryl methyl sites for hydroxylation is 1. The fourth-order valence-electron chi connectivity index (χ4n) is 4.26. The average Bonchev–Trinajstić information content (AvgIpc) is 3.29. The summed E-state index contributed by atoms with van der Waals surface area (Å²) in [7, 11) is 0. The van der Waals surface area contributed by atoms with Crippen molar-refractivity contribution in [2.75, 3.05) is 5.32 Å². The zero-order valence-electron chi connectivity index (χ0n) is 16.9. The van der Waals surface area contributed by atoms with Gasteiger partial charge in [0.1, 0.15) is 18.0 Å². The molecule has 5 heteroatoms. The smallest absolute Gasteiger partial charge is 0.137 e. The summed E-state index contributed by atoms with van der Waals surface area (Å²) in [6.45, 7) is 1.77. The van der Waals surface area contributed by atoms with E-state index in [2.05, 4.69) is 38.5 Å². The van der Waals surface area contributed by atoms with Crippen LogP contribution in [0.4, 0.5) is 10.2 Å². The molecule has 4 aromatic rings. The highest BCUT2D eigenvalue weighted by molar-refractivity contribution is 5.94. The van der Waals surface area contributed by atoms with Gasteiger partial charge in [0, 0.05) is 28.8 Å². The van der Waals surface area contributed by atoms with Gasteiger partial charge < -0.3 is 5.32 Å². The number of hydrogen-bond donors (Lipinski definition) is 1. The highest BCUT2D eigenvalue weighted by Crippen LogP contribution is 2.34. The van der Waals surface area contributed by atoms with E-state index in [-0.39, 0.29) is 5.82 Å². The minimum atomic E-state index is -0.207. The molecule has 0 aliphatic heterocycles. The molecule has 1 N–H and O–H groups in total. The maximum atomic E-state index is 13.8. The molecule has 30 heavy (non-hydrogen) atoms. The molecule has 5 rings (SSSR count). The van der Waals surface area contributed by atoms with Crippen molar-refractivity contribution in [2.24, 2.45) is 0 Å². The SMILES string of the molecule is Cc1cc(-c2ncccc2-c2ccc3ncnc(NC4CCCC4)c3c2)ccc1F. The van der Waals surface area contributed by atoms with Crippen molar-refractivity contribution in [1.29, 1.82) is 0 Å². The maximum absolute atomic E-state index is 13.8. The van der Waals surface area contributed by atoms with E-state index < -0.39 is 0 Å². The van der Waals surface area contributed by atoms with E-state index in [0.717, 1.165) is 39.1 Å². The molecular formula is C25H23FN4. The molecule has 0 atom stereocenters. The van der Waals surface area contributed by atoms with E-state index >= 15 is 0 Å². The number of halogens is 1. The van der Waals surface area contributed by atoms with Crippen molar-refractivity contribution in [1.82, 2.24) is 15.0 Å². The van der Waals surface area contributed by atoms with Crippen LogP contribution in [0.2, 0.25) is 0 Å². The van der Waals surface area contributed by atoms with Crippen LogP contribution in [0, 0.1) is 12.7 Å². The molecule has 2 heterocycles. The highest BCUT2D eigenvalue weighted by atomic mass is 19.1. The number of nitrogens with zero attached hydrogens (tertiary/aromatic N) is 3. The predicted octanol–water partition coefficient (Wildman–Crippen LogP) is 6.16. The lowest BCUT2D eigenvalue weighted by atomic mass is 9.97. The summed E-state index contributed by atoms with van der Waals surface area (Å²) in [5, 5.41) is 4.62. The second-order valence-electron chi connectivity index (χ2n) is 7.94. The normalized spacial score (nSPS) is 14.3. The zero-order valence-corrected chi connectivity index (χ0v) is 16.9. The Hall–Kier alpha value is -3.34. The minimum Gasteiger partial charge on any atom is -0.367 e. The number of aromatic nitrogens is 3. The van der Waals surface area contributed by atoms with E-state index in [1.165, 1.54) is 31.7 Å². The second-order valence-corrected chi connectivity index (χ2v) is 7.94. The summed E-state index contributed by atoms with van der Waals surface area (Å²) in [5.41, 5.74) is 5.30. The Labute approximate surface area is 175 Å². The third kappa shape index (κ3) is 3.52. The molecule has 0 unspecified atom stereocenters. The zero-order chi connectivity index (χ0) is 20.5. The number of hydrogen-bond acceptors (Lipinski definition) is 4. The fraction of sp³-hybridized carbons (Fsp3) is 0.240. The van der Waals surface area contributed by atoms with Gasteiger partial charge in [-0.2, -0.15) is 0 Å². The van der Waals surface area contributed by atoms with Crippen LogP contribution in [0.25, 0.3) is 33.3 Å². The Morgan fingerprint density at radius 1 is 0.933 bits per heavy atom. The first-order chi connectivity index (χ1) is 14.7. The molecule has 0 radical (unpaired) electrons. The fourth-order valence-corrected chi connectivity index (χ4v) is 4.26. The molecule has 1 aliphatic rings. The van der Waals surface area contributed by atoms with Crippen molar-refractivity contribution in [3.8, 4) is 22.4 Å². The van der Waals surface area contributed by atoms with Crippen molar-refractivity contribution in [2.45, 2.75) is 38.6 Å². The first kappa shape index (κ1) is 18.7. The number of rotatable bonds is 4. The predicted molar refractivity (Wildman–Crippen MR) is 119 cm³/mol. The van der Waals surface area contributed by atoms with Crippen LogP contribution in [-0.2, 0) is 0 Å². The number of nitrogens with one attached hydrogen (secondary N) is 1. The lowest BCUT2D eigenvalue weighted by Crippen LogP contribution is -2.15. The Morgan fingerprint density at radius 3 is 2.60 bits per heavy atom. The minimum absolute atomic E-state index is 0.207. The summed E-state index contributed by atoms with van der Waals surface area (Å²) >= 11 is 0. The largest absolute Gasteiger partial charge is 0.367 e. The van der Waals surface area contributed by atoms with E-state index in [0.29, 0.717) is 11.6 Å². The summed E-state index contributed by atoms with van der Waals surface area (Å²) in [6, 6.07) is 15.8. The van der Waals surface area contributed by atoms with Gasteiger partial charge in [0.2, 0.25) is 0 Å². The number of fused-ring (bicyclic) bond motifs is 1. The molecule has 0 saturated heterocycles. The molecular weight excluding hydrogens is 375 g/mol. The lowest BCUT2D eigenvalue weighted by molar-refractivity contribution is 0.619. The Balaban J connectivity index is 1.61. The van der Waals surface area contributed by atoms with Crippen molar-refractivity contribution < 1.29 is 4.39 Å². The van der Waals surface area contributed by atoms with E-state index in [1.54, 1.807) is 25.5 Å². The van der Waals surface area contributed by atoms with Gasteiger partial charge in [0.05, 0.1) is 11.2 Å². The standard InChI is InChI=1S/C25H23FN4/c1-16-13-18(8-10-22(16)26)24-20(7-4-12-27-24)17-9-11-23-21(14-17)25(29-15-28-23)30-19-5-2-3-6-19/h4,7-15,19H,2-3,5-6H2,1H3,(H,28,29,30). The molecule has 150 valence electrons. The Bertz CT molecular complexity index is 1210. The van der Waals surface area contributed by atoms with E-state index in [1.807, 2.05) is 18.2 Å². The van der Waals surface area contributed by atoms with E-state index in [9.17, 15) is 4.39 Å². The molecule has 0 amide bonds. The summed E-state index contributed by atoms with van der Waals surface area (Å²) in [5.74, 6) is 0.679. The molecule has 2 aromatic heterocycles. The van der Waals surface area contributed by atoms with E-state index in [4.69, 9.17) is 0 Å². The van der Waals surface area contributed by atoms with Gasteiger partial charge >= 0.3 is 0 Å². The van der Waals surface area contributed by atoms with Crippen molar-refractivity contribution in [3.05, 3.63) is 72.4 Å². The maximum Gasteiger partial charge on any atom is 0.137 e. The van der Waals surface area contributed by atoms with Crippen LogP contribution in [0.15, 0.2) is 61.1 Å². The quantitative estimate of drug-likeness (QED) is 0.447. The molecule has 4 nitrogen and oxygen atoms in total. The van der Waals surface area contributed by atoms with Crippen LogP contribution in [0.1, 0.15) is 31.2 Å². The van der Waals surface area contributed by atoms with Crippen molar-refractivity contribution >= 4 is 16.7 Å². The number of benzene rings is 2. The van der Waals surface area contributed by atoms with Gasteiger partial charge in [0.15, 0.2) is 0 Å². The summed E-state index contributed by atoms with van der Waals surface area (Å²) < 4.78 is 13.8. The first-order valence-electron chi connectivity index (χ1n) is 10.4. The molecule has 0 bridgehead atoms. The molecule has 1 aliphatic carbocycles. The van der Waals surface area contributed by atoms with Gasteiger partial charge in [-0.25, -0.2) is 14.4 Å². The van der Waals surface area contributed by atoms with Crippen LogP contribution >= 0.6 is 0 Å². The van der Waals surface area contributed by atoms with Crippen LogP contribution in [0.5, 0.6) is 0 Å². The van der Waals surface area contributed by atoms with Gasteiger partial charge in [-0.15, -0.1) is 0 Å². The first-order valence-corrected chi connectivity index (χ1v) is 10.4. The van der Waals surface area contributed by atoms with Gasteiger partial charge in [-0.1, -0.05) is 25.0 Å². The second kappa shape index (κ2) is 7.82. The highest BCUT2D eigenvalue weighted by Gasteiger charge is 2.17. The van der Waals surface area contributed by atoms with Crippen molar-refractivity contribution in [3.63, 3.8) is 0 Å². The van der Waals surface area contributed by atoms with Gasteiger partial charge in [0.25, 0.3) is 0 Å². The number of pyridine rings is 1. The van der Waals surface area contributed by atoms with Gasteiger partial charge in [-0.3, -0.25) is 4.98 Å². The Kier molecular flexibility index (Phi) is 4.87. The topological polar surface area (TPSA) is 50.7 Å². The monoisotopic (exact) mass is 398 g/mol. The third-order valence-electron chi connectivity index (χ3n) is 5.88. The lowest BCUT2D eigenvalue weighted by Gasteiger charge is -2.15. The number of anilines is 1.